The number of nitriles is 1. The number of aliphatic hydroxyl groups excluding tert-OH is 1. The van der Waals surface area contributed by atoms with Crippen LogP contribution >= 0.6 is 0 Å². The minimum atomic E-state index is -0.832. The third-order valence-electron chi connectivity index (χ3n) is 6.95. The number of primary amides is 1. The van der Waals surface area contributed by atoms with Gasteiger partial charge in [0, 0.05) is 53.6 Å². The van der Waals surface area contributed by atoms with Gasteiger partial charge in [0.2, 0.25) is 0 Å². The molecule has 5 N–H and O–H groups in total. The first-order valence-corrected chi connectivity index (χ1v) is 12.5. The number of pyridine rings is 1. The molecule has 10 nitrogen and oxygen atoms in total. The average molecular weight is 540 g/mol. The number of aromatic nitrogens is 3. The maximum absolute atomic E-state index is 14.8. The van der Waals surface area contributed by atoms with Crippen molar-refractivity contribution in [1.29, 1.82) is 5.26 Å². The second kappa shape index (κ2) is 11.1. The summed E-state index contributed by atoms with van der Waals surface area (Å²) >= 11 is 0. The quantitative estimate of drug-likeness (QED) is 0.320. The van der Waals surface area contributed by atoms with Gasteiger partial charge in [0.25, 0.3) is 5.91 Å². The summed E-state index contributed by atoms with van der Waals surface area (Å²) in [5, 5.41) is 19.8. The van der Waals surface area contributed by atoms with Crippen LogP contribution in [0.5, 0.6) is 5.75 Å². The highest BCUT2D eigenvalue weighted by molar-refractivity contribution is 6.00. The van der Waals surface area contributed by atoms with Crippen LogP contribution < -0.4 is 21.1 Å². The zero-order valence-corrected chi connectivity index (χ0v) is 21.6. The molecule has 1 amide bonds. The monoisotopic (exact) mass is 539 g/mol. The summed E-state index contributed by atoms with van der Waals surface area (Å²) in [6.45, 7) is 0.307. The van der Waals surface area contributed by atoms with Crippen molar-refractivity contribution in [1.82, 2.24) is 15.0 Å². The van der Waals surface area contributed by atoms with Crippen molar-refractivity contribution in [2.45, 2.75) is 18.5 Å². The Kier molecular flexibility index (Phi) is 7.37. The molecule has 2 aromatic carbocycles. The van der Waals surface area contributed by atoms with E-state index in [-0.39, 0.29) is 41.5 Å². The van der Waals surface area contributed by atoms with Gasteiger partial charge < -0.3 is 26.2 Å². The molecule has 0 radical (unpaired) electrons. The molecule has 1 fully saturated rings. The number of anilines is 1. The SMILES string of the molecule is COc1cccc(F)c1-c1ncc(-c2ccc(-c3ccncc3C#N)cc2N2C[C@@H](N)C[C@H]2CO)c(C(N)=O)n1. The Balaban J connectivity index is 1.72. The maximum Gasteiger partial charge on any atom is 0.268 e. The minimum absolute atomic E-state index is 0.00204. The Hall–Kier alpha value is -4.92. The van der Waals surface area contributed by atoms with Crippen molar-refractivity contribution in [3.63, 3.8) is 0 Å². The number of hydrogen-bond acceptors (Lipinski definition) is 9. The summed E-state index contributed by atoms with van der Waals surface area (Å²) in [6.07, 6.45) is 5.06. The molecule has 11 heteroatoms. The van der Waals surface area contributed by atoms with Crippen molar-refractivity contribution in [2.75, 3.05) is 25.2 Å². The van der Waals surface area contributed by atoms with Gasteiger partial charge >= 0.3 is 0 Å². The largest absolute Gasteiger partial charge is 0.496 e. The first-order chi connectivity index (χ1) is 19.4. The van der Waals surface area contributed by atoms with Crippen molar-refractivity contribution >= 4 is 11.6 Å². The Morgan fingerprint density at radius 1 is 1.23 bits per heavy atom. The number of amides is 1. The van der Waals surface area contributed by atoms with Gasteiger partial charge in [-0.25, -0.2) is 14.4 Å². The fraction of sp³-hybridized carbons (Fsp3) is 0.207. The van der Waals surface area contributed by atoms with Gasteiger partial charge in [0.1, 0.15) is 23.3 Å². The third kappa shape index (κ3) is 4.82. The van der Waals surface area contributed by atoms with E-state index in [1.54, 1.807) is 30.5 Å². The third-order valence-corrected chi connectivity index (χ3v) is 6.95. The van der Waals surface area contributed by atoms with E-state index in [1.807, 2.05) is 11.0 Å². The lowest BCUT2D eigenvalue weighted by Crippen LogP contribution is -2.33. The Morgan fingerprint density at radius 2 is 2.05 bits per heavy atom. The minimum Gasteiger partial charge on any atom is -0.496 e. The van der Waals surface area contributed by atoms with E-state index in [4.69, 9.17) is 16.2 Å². The zero-order chi connectivity index (χ0) is 28.4. The summed E-state index contributed by atoms with van der Waals surface area (Å²) in [6, 6.07) is 13.2. The molecule has 202 valence electrons. The molecule has 0 aliphatic carbocycles. The fourth-order valence-electron chi connectivity index (χ4n) is 5.10. The van der Waals surface area contributed by atoms with Crippen molar-refractivity contribution < 1.29 is 19.0 Å². The zero-order valence-electron chi connectivity index (χ0n) is 21.6. The van der Waals surface area contributed by atoms with Crippen LogP contribution in [0.4, 0.5) is 10.1 Å². The highest BCUT2D eigenvalue weighted by atomic mass is 19.1. The van der Waals surface area contributed by atoms with Crippen molar-refractivity contribution in [3.8, 4) is 45.5 Å². The van der Waals surface area contributed by atoms with Crippen LogP contribution in [0.3, 0.4) is 0 Å². The Labute approximate surface area is 229 Å². The molecular weight excluding hydrogens is 513 g/mol. The number of aliphatic hydroxyl groups is 1. The molecule has 0 spiro atoms. The van der Waals surface area contributed by atoms with E-state index in [0.717, 1.165) is 5.56 Å². The molecule has 0 unspecified atom stereocenters. The number of benzene rings is 2. The predicted molar refractivity (Wildman–Crippen MR) is 147 cm³/mol. The lowest BCUT2D eigenvalue weighted by Gasteiger charge is -2.28. The number of carbonyl (C=O) groups is 1. The summed E-state index contributed by atoms with van der Waals surface area (Å²) in [5.41, 5.74) is 15.2. The van der Waals surface area contributed by atoms with E-state index < -0.39 is 11.7 Å². The van der Waals surface area contributed by atoms with E-state index in [2.05, 4.69) is 21.0 Å². The molecule has 1 saturated heterocycles. The smallest absolute Gasteiger partial charge is 0.268 e. The predicted octanol–water partition coefficient (Wildman–Crippen LogP) is 2.89. The van der Waals surface area contributed by atoms with E-state index >= 15 is 0 Å². The normalized spacial score (nSPS) is 16.5. The van der Waals surface area contributed by atoms with Gasteiger partial charge in [-0.15, -0.1) is 0 Å². The maximum atomic E-state index is 14.8. The number of hydrogen-bond donors (Lipinski definition) is 3. The summed E-state index contributed by atoms with van der Waals surface area (Å²) in [5.74, 6) is -1.30. The van der Waals surface area contributed by atoms with Crippen LogP contribution in [-0.2, 0) is 0 Å². The van der Waals surface area contributed by atoms with Gasteiger partial charge in [-0.05, 0) is 36.2 Å². The first kappa shape index (κ1) is 26.7. The molecular formula is C29H26FN7O3. The molecule has 2 atom stereocenters. The van der Waals surface area contributed by atoms with Gasteiger partial charge in [-0.2, -0.15) is 5.26 Å². The van der Waals surface area contributed by atoms with Gasteiger partial charge in [-0.1, -0.05) is 18.2 Å². The molecule has 3 heterocycles. The molecule has 1 aliphatic heterocycles. The highest BCUT2D eigenvalue weighted by Gasteiger charge is 2.32. The van der Waals surface area contributed by atoms with Gasteiger partial charge in [0.05, 0.1) is 30.9 Å². The molecule has 4 aromatic rings. The first-order valence-electron chi connectivity index (χ1n) is 12.5. The van der Waals surface area contributed by atoms with Crippen LogP contribution in [0.15, 0.2) is 61.1 Å². The van der Waals surface area contributed by atoms with Gasteiger partial charge in [-0.3, -0.25) is 9.78 Å². The standard InChI is InChI=1S/C29H26FN7O3/c1-40-25-4-2-3-23(30)26(25)29-35-13-22(27(36-29)28(33)39)21-6-5-16(20-7-8-34-12-17(20)11-31)9-24(21)37-14-18(32)10-19(37)15-38/h2-9,12-13,18-19,38H,10,14-15,32H2,1H3,(H2,33,39)/t18-,19-/m0/s1. The summed E-state index contributed by atoms with van der Waals surface area (Å²) < 4.78 is 20.1. The van der Waals surface area contributed by atoms with Gasteiger partial charge in [0.15, 0.2) is 5.82 Å². The van der Waals surface area contributed by atoms with Crippen molar-refractivity contribution in [2.24, 2.45) is 11.5 Å². The lowest BCUT2D eigenvalue weighted by atomic mass is 9.95. The number of carbonyl (C=O) groups excluding carboxylic acids is 1. The molecule has 1 aliphatic rings. The molecule has 0 bridgehead atoms. The Morgan fingerprint density at radius 3 is 2.77 bits per heavy atom. The second-order valence-corrected chi connectivity index (χ2v) is 9.39. The lowest BCUT2D eigenvalue weighted by molar-refractivity contribution is 0.0996. The van der Waals surface area contributed by atoms with Crippen LogP contribution in [0.1, 0.15) is 22.5 Å². The van der Waals surface area contributed by atoms with Crippen molar-refractivity contribution in [3.05, 3.63) is 78.1 Å². The van der Waals surface area contributed by atoms with E-state index in [0.29, 0.717) is 40.9 Å². The molecule has 2 aromatic heterocycles. The van der Waals surface area contributed by atoms with Crippen LogP contribution in [0.2, 0.25) is 0 Å². The molecule has 5 rings (SSSR count). The Bertz CT molecular complexity index is 1640. The number of halogens is 1. The van der Waals surface area contributed by atoms with Crippen LogP contribution in [0, 0.1) is 17.1 Å². The number of nitrogens with two attached hydrogens (primary N) is 2. The number of ether oxygens (including phenoxy) is 1. The highest BCUT2D eigenvalue weighted by Crippen LogP contribution is 2.40. The molecule has 40 heavy (non-hydrogen) atoms. The average Bonchev–Trinajstić information content (AvgIpc) is 3.36. The number of nitrogens with zero attached hydrogens (tertiary/aromatic N) is 5. The summed E-state index contributed by atoms with van der Waals surface area (Å²) in [4.78, 5) is 27.4. The number of rotatable bonds is 7. The topological polar surface area (TPSA) is 164 Å². The second-order valence-electron chi connectivity index (χ2n) is 9.39. The summed E-state index contributed by atoms with van der Waals surface area (Å²) in [7, 11) is 1.40. The number of methoxy groups -OCH3 is 1. The van der Waals surface area contributed by atoms with Crippen LogP contribution in [0.25, 0.3) is 33.6 Å². The van der Waals surface area contributed by atoms with Crippen LogP contribution in [-0.4, -0.2) is 58.3 Å². The fourth-order valence-corrected chi connectivity index (χ4v) is 5.10. The molecule has 0 saturated carbocycles. The van der Waals surface area contributed by atoms with E-state index in [1.165, 1.54) is 31.6 Å². The van der Waals surface area contributed by atoms with E-state index in [9.17, 15) is 19.6 Å².